The molecule has 2 N–H and O–H groups in total. The standard InChI is InChI=1S/C22H27FN4O3.HI/c1-15-13-27(14-20(30-15)17-6-8-18(23)9-7-17)21(24-2)25-12-16-4-10-19(11-5-16)26-22(28)29-3;/h4-11,15,20H,12-14H2,1-3H3,(H,24,25)(H,26,28);1H. The van der Waals surface area contributed by atoms with Crippen LogP contribution in [0.25, 0.3) is 0 Å². The highest BCUT2D eigenvalue weighted by Gasteiger charge is 2.28. The zero-order chi connectivity index (χ0) is 21.5. The predicted molar refractivity (Wildman–Crippen MR) is 129 cm³/mol. The predicted octanol–water partition coefficient (Wildman–Crippen LogP) is 4.16. The summed E-state index contributed by atoms with van der Waals surface area (Å²) in [6.45, 7) is 3.93. The smallest absolute Gasteiger partial charge is 0.411 e. The number of guanidine groups is 1. The number of halogens is 2. The number of aliphatic imine (C=N–C) groups is 1. The van der Waals surface area contributed by atoms with Gasteiger partial charge in [-0.2, -0.15) is 0 Å². The number of nitrogens with one attached hydrogen (secondary N) is 2. The number of nitrogens with zero attached hydrogens (tertiary/aromatic N) is 2. The van der Waals surface area contributed by atoms with Gasteiger partial charge in [0, 0.05) is 25.8 Å². The van der Waals surface area contributed by atoms with Crippen LogP contribution in [0.2, 0.25) is 0 Å². The van der Waals surface area contributed by atoms with Gasteiger partial charge in [-0.05, 0) is 42.3 Å². The highest BCUT2D eigenvalue weighted by molar-refractivity contribution is 14.0. The van der Waals surface area contributed by atoms with E-state index in [0.717, 1.165) is 17.1 Å². The molecule has 2 aromatic carbocycles. The number of morpholine rings is 1. The maximum atomic E-state index is 13.2. The first-order chi connectivity index (χ1) is 14.5. The first-order valence-corrected chi connectivity index (χ1v) is 9.79. The van der Waals surface area contributed by atoms with Crippen molar-refractivity contribution >= 4 is 41.7 Å². The average Bonchev–Trinajstić information content (AvgIpc) is 2.75. The molecule has 1 saturated heterocycles. The van der Waals surface area contributed by atoms with Crippen molar-refractivity contribution < 1.29 is 18.7 Å². The fourth-order valence-electron chi connectivity index (χ4n) is 3.37. The highest BCUT2D eigenvalue weighted by Crippen LogP contribution is 2.25. The van der Waals surface area contributed by atoms with Gasteiger partial charge in [0.2, 0.25) is 0 Å². The van der Waals surface area contributed by atoms with Crippen LogP contribution in [0.4, 0.5) is 14.9 Å². The fraction of sp³-hybridized carbons (Fsp3) is 0.364. The van der Waals surface area contributed by atoms with E-state index in [2.05, 4.69) is 25.3 Å². The molecule has 2 unspecified atom stereocenters. The van der Waals surface area contributed by atoms with Gasteiger partial charge in [0.1, 0.15) is 11.9 Å². The van der Waals surface area contributed by atoms with Gasteiger partial charge in [0.05, 0.1) is 19.8 Å². The molecule has 2 aromatic rings. The Morgan fingerprint density at radius 1 is 1.19 bits per heavy atom. The number of rotatable bonds is 4. The molecule has 1 fully saturated rings. The lowest BCUT2D eigenvalue weighted by atomic mass is 10.1. The summed E-state index contributed by atoms with van der Waals surface area (Å²) >= 11 is 0. The number of carbonyl (C=O) groups is 1. The van der Waals surface area contributed by atoms with Gasteiger partial charge in [-0.25, -0.2) is 9.18 Å². The van der Waals surface area contributed by atoms with E-state index in [9.17, 15) is 9.18 Å². The summed E-state index contributed by atoms with van der Waals surface area (Å²) in [6.07, 6.45) is -0.647. The molecule has 9 heteroatoms. The third-order valence-corrected chi connectivity index (χ3v) is 4.85. The molecule has 1 amide bonds. The monoisotopic (exact) mass is 542 g/mol. The van der Waals surface area contributed by atoms with Gasteiger partial charge in [-0.3, -0.25) is 10.3 Å². The summed E-state index contributed by atoms with van der Waals surface area (Å²) in [6, 6.07) is 13.9. The Kier molecular flexibility index (Phi) is 9.50. The molecule has 0 aromatic heterocycles. The van der Waals surface area contributed by atoms with E-state index in [-0.39, 0.29) is 42.0 Å². The van der Waals surface area contributed by atoms with Crippen LogP contribution in [-0.2, 0) is 16.0 Å². The Hall–Kier alpha value is -2.40. The Morgan fingerprint density at radius 2 is 1.87 bits per heavy atom. The van der Waals surface area contributed by atoms with Crippen molar-refractivity contribution in [1.29, 1.82) is 0 Å². The number of benzene rings is 2. The Labute approximate surface area is 199 Å². The maximum Gasteiger partial charge on any atom is 0.411 e. The summed E-state index contributed by atoms with van der Waals surface area (Å²) in [4.78, 5) is 17.8. The molecule has 168 valence electrons. The second kappa shape index (κ2) is 11.8. The van der Waals surface area contributed by atoms with Crippen molar-refractivity contribution in [3.8, 4) is 0 Å². The third-order valence-electron chi connectivity index (χ3n) is 4.85. The van der Waals surface area contributed by atoms with Gasteiger partial charge >= 0.3 is 6.09 Å². The molecule has 2 atom stereocenters. The van der Waals surface area contributed by atoms with Crippen molar-refractivity contribution in [2.75, 3.05) is 32.6 Å². The molecule has 0 saturated carbocycles. The SMILES string of the molecule is CN=C(NCc1ccc(NC(=O)OC)cc1)N1CC(C)OC(c2ccc(F)cc2)C1.I. The molecule has 0 radical (unpaired) electrons. The molecule has 1 aliphatic heterocycles. The number of hydrogen-bond donors (Lipinski definition) is 2. The van der Waals surface area contributed by atoms with Crippen LogP contribution in [0, 0.1) is 5.82 Å². The average molecular weight is 542 g/mol. The Bertz CT molecular complexity index is 877. The second-order valence-electron chi connectivity index (χ2n) is 7.11. The molecule has 0 bridgehead atoms. The Balaban J connectivity index is 0.00000341. The summed E-state index contributed by atoms with van der Waals surface area (Å²) in [7, 11) is 3.07. The van der Waals surface area contributed by atoms with Crippen molar-refractivity contribution in [3.05, 3.63) is 65.5 Å². The van der Waals surface area contributed by atoms with E-state index in [4.69, 9.17) is 4.74 Å². The van der Waals surface area contributed by atoms with Crippen LogP contribution in [0.5, 0.6) is 0 Å². The molecule has 1 heterocycles. The quantitative estimate of drug-likeness (QED) is 0.345. The molecule has 7 nitrogen and oxygen atoms in total. The fourth-order valence-corrected chi connectivity index (χ4v) is 3.37. The first kappa shape index (κ1) is 24.9. The molecule has 1 aliphatic rings. The number of hydrogen-bond acceptors (Lipinski definition) is 4. The van der Waals surface area contributed by atoms with Crippen molar-refractivity contribution in [1.82, 2.24) is 10.2 Å². The molecule has 0 spiro atoms. The summed E-state index contributed by atoms with van der Waals surface area (Å²) in [5.41, 5.74) is 2.65. The lowest BCUT2D eigenvalue weighted by molar-refractivity contribution is -0.0605. The van der Waals surface area contributed by atoms with E-state index in [1.807, 2.05) is 31.2 Å². The van der Waals surface area contributed by atoms with Crippen LogP contribution in [0.15, 0.2) is 53.5 Å². The molecule has 0 aliphatic carbocycles. The zero-order valence-corrected chi connectivity index (χ0v) is 20.1. The van der Waals surface area contributed by atoms with Gasteiger partial charge in [0.25, 0.3) is 0 Å². The minimum Gasteiger partial charge on any atom is -0.453 e. The highest BCUT2D eigenvalue weighted by atomic mass is 127. The number of amides is 1. The van der Waals surface area contributed by atoms with Crippen molar-refractivity contribution in [2.45, 2.75) is 25.7 Å². The Morgan fingerprint density at radius 3 is 2.48 bits per heavy atom. The molecular weight excluding hydrogens is 514 g/mol. The van der Waals surface area contributed by atoms with Gasteiger partial charge in [-0.1, -0.05) is 24.3 Å². The lowest BCUT2D eigenvalue weighted by Crippen LogP contribution is -2.50. The second-order valence-corrected chi connectivity index (χ2v) is 7.11. The van der Waals surface area contributed by atoms with Crippen LogP contribution >= 0.6 is 24.0 Å². The normalized spacial score (nSPS) is 18.7. The van der Waals surface area contributed by atoms with E-state index in [1.54, 1.807) is 19.2 Å². The largest absolute Gasteiger partial charge is 0.453 e. The summed E-state index contributed by atoms with van der Waals surface area (Å²) in [5, 5.41) is 6.00. The van der Waals surface area contributed by atoms with Crippen molar-refractivity contribution in [3.63, 3.8) is 0 Å². The van der Waals surface area contributed by atoms with Crippen LogP contribution in [0.1, 0.15) is 24.2 Å². The summed E-state index contributed by atoms with van der Waals surface area (Å²) in [5.74, 6) is 0.513. The number of ether oxygens (including phenoxy) is 2. The van der Waals surface area contributed by atoms with Crippen LogP contribution < -0.4 is 10.6 Å². The van der Waals surface area contributed by atoms with Gasteiger partial charge in [-0.15, -0.1) is 24.0 Å². The topological polar surface area (TPSA) is 75.2 Å². The van der Waals surface area contributed by atoms with Crippen molar-refractivity contribution in [2.24, 2.45) is 4.99 Å². The van der Waals surface area contributed by atoms with E-state index in [0.29, 0.717) is 25.3 Å². The van der Waals surface area contributed by atoms with Gasteiger partial charge in [0.15, 0.2) is 5.96 Å². The minimum absolute atomic E-state index is 0. The zero-order valence-electron chi connectivity index (χ0n) is 17.8. The third kappa shape index (κ3) is 7.06. The number of anilines is 1. The summed E-state index contributed by atoms with van der Waals surface area (Å²) < 4.78 is 23.9. The number of methoxy groups -OCH3 is 1. The lowest BCUT2D eigenvalue weighted by Gasteiger charge is -2.38. The van der Waals surface area contributed by atoms with E-state index < -0.39 is 6.09 Å². The number of carbonyl (C=O) groups excluding carboxylic acids is 1. The van der Waals surface area contributed by atoms with E-state index >= 15 is 0 Å². The van der Waals surface area contributed by atoms with Crippen LogP contribution in [0.3, 0.4) is 0 Å². The maximum absolute atomic E-state index is 13.2. The molecule has 3 rings (SSSR count). The van der Waals surface area contributed by atoms with Crippen LogP contribution in [-0.4, -0.2) is 50.3 Å². The minimum atomic E-state index is -0.501. The van der Waals surface area contributed by atoms with E-state index in [1.165, 1.54) is 19.2 Å². The molecule has 31 heavy (non-hydrogen) atoms. The first-order valence-electron chi connectivity index (χ1n) is 9.79. The molecular formula is C22H28FIN4O3. The van der Waals surface area contributed by atoms with Gasteiger partial charge < -0.3 is 19.7 Å².